The Morgan fingerprint density at radius 2 is 2.15 bits per heavy atom. The molecule has 1 rings (SSSR count). The first-order valence-electron chi connectivity index (χ1n) is 3.94. The van der Waals surface area contributed by atoms with Crippen LogP contribution in [0.4, 0.5) is 0 Å². The molecule has 2 N–H and O–H groups in total. The van der Waals surface area contributed by atoms with Crippen LogP contribution in [0.15, 0.2) is 22.7 Å². The SMILES string of the molecule is CCOc1c(Br)cccc1B(O)O. The monoisotopic (exact) mass is 244 g/mol. The van der Waals surface area contributed by atoms with E-state index in [0.29, 0.717) is 17.8 Å². The van der Waals surface area contributed by atoms with E-state index in [4.69, 9.17) is 14.8 Å². The molecule has 0 saturated carbocycles. The van der Waals surface area contributed by atoms with Crippen molar-refractivity contribution in [2.24, 2.45) is 0 Å². The molecule has 70 valence electrons. The molecule has 0 bridgehead atoms. The molecule has 13 heavy (non-hydrogen) atoms. The van der Waals surface area contributed by atoms with Gasteiger partial charge >= 0.3 is 7.12 Å². The van der Waals surface area contributed by atoms with E-state index < -0.39 is 7.12 Å². The summed E-state index contributed by atoms with van der Waals surface area (Å²) in [6, 6.07) is 5.12. The minimum atomic E-state index is -1.50. The molecule has 0 unspecified atom stereocenters. The van der Waals surface area contributed by atoms with Crippen LogP contribution < -0.4 is 10.2 Å². The molecule has 0 heterocycles. The molecule has 0 radical (unpaired) electrons. The summed E-state index contributed by atoms with van der Waals surface area (Å²) in [6.07, 6.45) is 0. The molecule has 0 aliphatic heterocycles. The Hall–Kier alpha value is -0.515. The molecule has 0 spiro atoms. The van der Waals surface area contributed by atoms with Gasteiger partial charge in [-0.1, -0.05) is 12.1 Å². The topological polar surface area (TPSA) is 49.7 Å². The van der Waals surface area contributed by atoms with Crippen molar-refractivity contribution in [2.45, 2.75) is 6.92 Å². The summed E-state index contributed by atoms with van der Waals surface area (Å²) in [5.74, 6) is 0.486. The Morgan fingerprint density at radius 3 is 2.69 bits per heavy atom. The number of halogens is 1. The number of para-hydroxylation sites is 1. The summed E-state index contributed by atoms with van der Waals surface area (Å²) < 4.78 is 5.98. The van der Waals surface area contributed by atoms with E-state index in [9.17, 15) is 0 Å². The van der Waals surface area contributed by atoms with Crippen LogP contribution >= 0.6 is 15.9 Å². The predicted molar refractivity (Wildman–Crippen MR) is 55.1 cm³/mol. The molecule has 0 aliphatic carbocycles. The van der Waals surface area contributed by atoms with Crippen LogP contribution in [0.5, 0.6) is 5.75 Å². The largest absolute Gasteiger partial charge is 0.493 e. The van der Waals surface area contributed by atoms with E-state index in [1.165, 1.54) is 0 Å². The molecule has 3 nitrogen and oxygen atoms in total. The lowest BCUT2D eigenvalue weighted by Gasteiger charge is -2.10. The molecule has 0 atom stereocenters. The second-order valence-corrected chi connectivity index (χ2v) is 3.32. The van der Waals surface area contributed by atoms with Crippen molar-refractivity contribution in [3.63, 3.8) is 0 Å². The molecule has 0 fully saturated rings. The minimum absolute atomic E-state index is 0.372. The van der Waals surface area contributed by atoms with E-state index in [-0.39, 0.29) is 0 Å². The highest BCUT2D eigenvalue weighted by Crippen LogP contribution is 2.22. The maximum Gasteiger partial charge on any atom is 0.492 e. The van der Waals surface area contributed by atoms with Gasteiger partial charge in [0, 0.05) is 5.46 Å². The molecule has 0 saturated heterocycles. The van der Waals surface area contributed by atoms with Crippen LogP contribution in [-0.2, 0) is 0 Å². The van der Waals surface area contributed by atoms with E-state index in [1.54, 1.807) is 18.2 Å². The van der Waals surface area contributed by atoms with Crippen molar-refractivity contribution in [1.29, 1.82) is 0 Å². The van der Waals surface area contributed by atoms with Crippen molar-refractivity contribution in [3.05, 3.63) is 22.7 Å². The first-order chi connectivity index (χ1) is 6.16. The summed E-state index contributed by atoms with van der Waals surface area (Å²) in [5, 5.41) is 18.0. The number of benzene rings is 1. The average molecular weight is 245 g/mol. The van der Waals surface area contributed by atoms with Gasteiger partial charge in [0.1, 0.15) is 5.75 Å². The van der Waals surface area contributed by atoms with E-state index in [2.05, 4.69) is 15.9 Å². The Labute approximate surface area is 85.6 Å². The number of hydrogen-bond donors (Lipinski definition) is 2. The van der Waals surface area contributed by atoms with Gasteiger partial charge in [-0.25, -0.2) is 0 Å². The van der Waals surface area contributed by atoms with Crippen molar-refractivity contribution in [3.8, 4) is 5.75 Å². The Balaban J connectivity index is 3.09. The second-order valence-electron chi connectivity index (χ2n) is 2.46. The van der Waals surface area contributed by atoms with Crippen molar-refractivity contribution in [1.82, 2.24) is 0 Å². The van der Waals surface area contributed by atoms with Crippen molar-refractivity contribution < 1.29 is 14.8 Å². The zero-order valence-corrected chi connectivity index (χ0v) is 8.78. The highest BCUT2D eigenvalue weighted by molar-refractivity contribution is 9.10. The van der Waals surface area contributed by atoms with Crippen LogP contribution in [0.1, 0.15) is 6.92 Å². The van der Waals surface area contributed by atoms with Gasteiger partial charge in [0.25, 0.3) is 0 Å². The molecule has 1 aromatic rings. The Bertz CT molecular complexity index is 291. The highest BCUT2D eigenvalue weighted by Gasteiger charge is 2.18. The molecular weight excluding hydrogens is 235 g/mol. The lowest BCUT2D eigenvalue weighted by Crippen LogP contribution is -2.31. The van der Waals surface area contributed by atoms with Gasteiger partial charge < -0.3 is 14.8 Å². The van der Waals surface area contributed by atoms with Gasteiger partial charge in [0.15, 0.2) is 0 Å². The first-order valence-corrected chi connectivity index (χ1v) is 4.73. The number of hydrogen-bond acceptors (Lipinski definition) is 3. The molecule has 0 amide bonds. The predicted octanol–water partition coefficient (Wildman–Crippen LogP) is 0.528. The molecule has 5 heteroatoms. The summed E-state index contributed by atoms with van der Waals surface area (Å²) in [4.78, 5) is 0. The van der Waals surface area contributed by atoms with Crippen LogP contribution in [0.3, 0.4) is 0 Å². The van der Waals surface area contributed by atoms with Crippen LogP contribution in [0, 0.1) is 0 Å². The van der Waals surface area contributed by atoms with Gasteiger partial charge in [-0.05, 0) is 28.9 Å². The third-order valence-electron chi connectivity index (χ3n) is 1.56. The van der Waals surface area contributed by atoms with E-state index in [0.717, 1.165) is 4.47 Å². The standard InChI is InChI=1S/C8H10BBrO3/c1-2-13-8-6(9(11)12)4-3-5-7(8)10/h3-5,11-12H,2H2,1H3. The number of ether oxygens (including phenoxy) is 1. The maximum absolute atomic E-state index is 9.01. The van der Waals surface area contributed by atoms with Crippen LogP contribution in [0.2, 0.25) is 0 Å². The lowest BCUT2D eigenvalue weighted by molar-refractivity contribution is 0.338. The van der Waals surface area contributed by atoms with Gasteiger partial charge in [-0.15, -0.1) is 0 Å². The Morgan fingerprint density at radius 1 is 1.46 bits per heavy atom. The van der Waals surface area contributed by atoms with Crippen LogP contribution in [0.25, 0.3) is 0 Å². The van der Waals surface area contributed by atoms with Crippen LogP contribution in [-0.4, -0.2) is 23.8 Å². The van der Waals surface area contributed by atoms with Crippen molar-refractivity contribution in [2.75, 3.05) is 6.61 Å². The zero-order chi connectivity index (χ0) is 9.84. The molecule has 1 aromatic carbocycles. The molecule has 0 aromatic heterocycles. The van der Waals surface area contributed by atoms with Crippen molar-refractivity contribution >= 4 is 28.5 Å². The highest BCUT2D eigenvalue weighted by atomic mass is 79.9. The third kappa shape index (κ3) is 2.46. The summed E-state index contributed by atoms with van der Waals surface area (Å²) in [6.45, 7) is 2.33. The second kappa shape index (κ2) is 4.65. The first kappa shape index (κ1) is 10.6. The summed E-state index contributed by atoms with van der Waals surface area (Å²) in [5.41, 5.74) is 0.372. The summed E-state index contributed by atoms with van der Waals surface area (Å²) >= 11 is 3.27. The molecular formula is C8H10BBrO3. The fourth-order valence-corrected chi connectivity index (χ4v) is 1.52. The summed E-state index contributed by atoms with van der Waals surface area (Å²) in [7, 11) is -1.50. The minimum Gasteiger partial charge on any atom is -0.493 e. The van der Waals surface area contributed by atoms with E-state index in [1.807, 2.05) is 6.92 Å². The fourth-order valence-electron chi connectivity index (χ4n) is 1.03. The van der Waals surface area contributed by atoms with Gasteiger partial charge in [0.2, 0.25) is 0 Å². The third-order valence-corrected chi connectivity index (χ3v) is 2.19. The van der Waals surface area contributed by atoms with Gasteiger partial charge in [-0.2, -0.15) is 0 Å². The normalized spacial score (nSPS) is 9.85. The lowest BCUT2D eigenvalue weighted by atomic mass is 9.79. The maximum atomic E-state index is 9.01. The Kier molecular flexibility index (Phi) is 3.78. The quantitative estimate of drug-likeness (QED) is 0.763. The molecule has 0 aliphatic rings. The zero-order valence-electron chi connectivity index (χ0n) is 7.20. The number of rotatable bonds is 3. The van der Waals surface area contributed by atoms with Gasteiger partial charge in [0.05, 0.1) is 11.1 Å². The van der Waals surface area contributed by atoms with Gasteiger partial charge in [-0.3, -0.25) is 0 Å². The fraction of sp³-hybridized carbons (Fsp3) is 0.250. The van der Waals surface area contributed by atoms with E-state index >= 15 is 0 Å². The average Bonchev–Trinajstić information content (AvgIpc) is 2.08. The smallest absolute Gasteiger partial charge is 0.492 e.